The van der Waals surface area contributed by atoms with Crippen LogP contribution in [0, 0.1) is 11.8 Å². The zero-order valence-electron chi connectivity index (χ0n) is 42.1. The van der Waals surface area contributed by atoms with Crippen molar-refractivity contribution in [1.82, 2.24) is 42.2 Å². The Balaban J connectivity index is 1.85. The quantitative estimate of drug-likeness (QED) is 0.0443. The van der Waals surface area contributed by atoms with Gasteiger partial charge in [0.2, 0.25) is 41.4 Å². The van der Waals surface area contributed by atoms with Gasteiger partial charge in [0, 0.05) is 30.3 Å². The second kappa shape index (κ2) is 29.7. The number of hydrogen-bond donors (Lipinski definition) is 8. The predicted octanol–water partition coefficient (Wildman–Crippen LogP) is 4.34. The first-order chi connectivity index (χ1) is 32.8. The molecule has 0 aliphatic rings. The van der Waals surface area contributed by atoms with E-state index in [2.05, 4.69) is 63.0 Å². The first kappa shape index (κ1) is 57.2. The van der Waals surface area contributed by atoms with E-state index in [9.17, 15) is 33.6 Å². The summed E-state index contributed by atoms with van der Waals surface area (Å²) in [5.74, 6) is -4.63. The van der Waals surface area contributed by atoms with Crippen molar-refractivity contribution in [3.05, 3.63) is 102 Å². The minimum Gasteiger partial charge on any atom is -0.368 e. The van der Waals surface area contributed by atoms with Gasteiger partial charge in [-0.3, -0.25) is 38.5 Å². The fraction of sp³-hybridized carbons (Fsp3) is 0.547. The van der Waals surface area contributed by atoms with E-state index < -0.39 is 77.6 Å². The SMILES string of the molecule is CCCCCC(NC(=O)Cc1ccccn1)C(=O)NC(CC(C)C)C(=O)NC(C(=O)NC(Cc1ccccc1)C(=O)NC(Cc1ccccc1)C(=O)NC(CCCCNC(C)(C)C)C(N)=O)C(C)C. The van der Waals surface area contributed by atoms with Crippen molar-refractivity contribution in [3.63, 3.8) is 0 Å². The molecule has 0 saturated carbocycles. The van der Waals surface area contributed by atoms with Crippen LogP contribution in [-0.2, 0) is 52.8 Å². The van der Waals surface area contributed by atoms with Crippen molar-refractivity contribution in [2.24, 2.45) is 17.6 Å². The van der Waals surface area contributed by atoms with E-state index in [1.807, 2.05) is 81.4 Å². The van der Waals surface area contributed by atoms with Gasteiger partial charge >= 0.3 is 0 Å². The monoisotopic (exact) mass is 954 g/mol. The van der Waals surface area contributed by atoms with Gasteiger partial charge in [0.15, 0.2) is 0 Å². The average molecular weight is 954 g/mol. The molecule has 0 radical (unpaired) electrons. The number of nitrogens with one attached hydrogen (secondary N) is 7. The summed E-state index contributed by atoms with van der Waals surface area (Å²) in [5.41, 5.74) is 7.72. The number of unbranched alkanes of at least 4 members (excludes halogenated alkanes) is 3. The molecule has 7 amide bonds. The van der Waals surface area contributed by atoms with Crippen LogP contribution in [0.1, 0.15) is 124 Å². The van der Waals surface area contributed by atoms with Gasteiger partial charge in [0.1, 0.15) is 36.3 Å². The molecule has 3 rings (SSSR count). The van der Waals surface area contributed by atoms with E-state index in [0.29, 0.717) is 31.4 Å². The van der Waals surface area contributed by atoms with Crippen LogP contribution in [0.25, 0.3) is 0 Å². The number of aromatic nitrogens is 1. The van der Waals surface area contributed by atoms with Crippen molar-refractivity contribution >= 4 is 41.4 Å². The van der Waals surface area contributed by atoms with Crippen molar-refractivity contribution < 1.29 is 33.6 Å². The molecule has 9 N–H and O–H groups in total. The Morgan fingerprint density at radius 1 is 0.565 bits per heavy atom. The maximum atomic E-state index is 14.5. The highest BCUT2D eigenvalue weighted by atomic mass is 16.2. The van der Waals surface area contributed by atoms with E-state index in [0.717, 1.165) is 36.9 Å². The molecule has 0 spiro atoms. The molecule has 0 saturated heterocycles. The van der Waals surface area contributed by atoms with Gasteiger partial charge in [-0.15, -0.1) is 0 Å². The lowest BCUT2D eigenvalue weighted by Crippen LogP contribution is -2.61. The summed E-state index contributed by atoms with van der Waals surface area (Å²) in [6.45, 7) is 16.3. The third-order valence-electron chi connectivity index (χ3n) is 11.5. The summed E-state index contributed by atoms with van der Waals surface area (Å²) < 4.78 is 0. The Bertz CT molecular complexity index is 2060. The highest BCUT2D eigenvalue weighted by Crippen LogP contribution is 2.13. The molecule has 16 heteroatoms. The van der Waals surface area contributed by atoms with Gasteiger partial charge < -0.3 is 43.0 Å². The number of primary amides is 1. The Morgan fingerprint density at radius 2 is 1.06 bits per heavy atom. The van der Waals surface area contributed by atoms with Gasteiger partial charge in [-0.1, -0.05) is 121 Å². The zero-order valence-corrected chi connectivity index (χ0v) is 42.1. The molecule has 16 nitrogen and oxygen atoms in total. The third kappa shape index (κ3) is 22.2. The minimum absolute atomic E-state index is 0.0180. The van der Waals surface area contributed by atoms with Crippen LogP contribution in [0.4, 0.5) is 0 Å². The van der Waals surface area contributed by atoms with E-state index in [1.54, 1.807) is 38.2 Å². The van der Waals surface area contributed by atoms with Crippen LogP contribution in [0.15, 0.2) is 85.1 Å². The number of rotatable bonds is 30. The number of nitrogens with zero attached hydrogens (tertiary/aromatic N) is 1. The predicted molar refractivity (Wildman–Crippen MR) is 269 cm³/mol. The van der Waals surface area contributed by atoms with Gasteiger partial charge in [0.05, 0.1) is 6.42 Å². The van der Waals surface area contributed by atoms with Gasteiger partial charge in [-0.25, -0.2) is 0 Å². The summed E-state index contributed by atoms with van der Waals surface area (Å²) in [5, 5.41) is 20.5. The lowest BCUT2D eigenvalue weighted by molar-refractivity contribution is -0.136. The molecular formula is C53H79N9O7. The largest absolute Gasteiger partial charge is 0.368 e. The van der Waals surface area contributed by atoms with Gasteiger partial charge in [0.25, 0.3) is 0 Å². The Labute approximate surface area is 409 Å². The molecule has 3 aromatic rings. The highest BCUT2D eigenvalue weighted by molar-refractivity contribution is 5.97. The second-order valence-corrected chi connectivity index (χ2v) is 19.7. The number of pyridine rings is 1. The first-order valence-electron chi connectivity index (χ1n) is 24.6. The molecule has 0 bridgehead atoms. The van der Waals surface area contributed by atoms with Crippen LogP contribution in [-0.4, -0.2) is 94.7 Å². The van der Waals surface area contributed by atoms with Crippen molar-refractivity contribution in [2.75, 3.05) is 6.54 Å². The smallest absolute Gasteiger partial charge is 0.243 e. The second-order valence-electron chi connectivity index (χ2n) is 19.7. The summed E-state index contributed by atoms with van der Waals surface area (Å²) in [7, 11) is 0. The number of carbonyl (C=O) groups excluding carboxylic acids is 7. The zero-order chi connectivity index (χ0) is 50.9. The van der Waals surface area contributed by atoms with Crippen molar-refractivity contribution in [3.8, 4) is 0 Å². The Kier molecular flexibility index (Phi) is 24.6. The minimum atomic E-state index is -1.21. The van der Waals surface area contributed by atoms with Crippen LogP contribution in [0.2, 0.25) is 0 Å². The first-order valence-corrected chi connectivity index (χ1v) is 24.6. The average Bonchev–Trinajstić information content (AvgIpc) is 3.29. The van der Waals surface area contributed by atoms with E-state index in [1.165, 1.54) is 0 Å². The molecule has 69 heavy (non-hydrogen) atoms. The lowest BCUT2D eigenvalue weighted by Gasteiger charge is -2.29. The number of benzene rings is 2. The molecule has 6 unspecified atom stereocenters. The van der Waals surface area contributed by atoms with Crippen LogP contribution < -0.4 is 43.0 Å². The summed E-state index contributed by atoms with van der Waals surface area (Å²) >= 11 is 0. The summed E-state index contributed by atoms with van der Waals surface area (Å²) in [6.07, 6.45) is 6.38. The molecule has 0 aliphatic carbocycles. The number of hydrogen-bond acceptors (Lipinski definition) is 9. The molecule has 1 aromatic heterocycles. The van der Waals surface area contributed by atoms with Gasteiger partial charge in [-0.05, 0) is 94.5 Å². The van der Waals surface area contributed by atoms with Crippen molar-refractivity contribution in [2.45, 2.75) is 168 Å². The molecule has 2 aromatic carbocycles. The lowest BCUT2D eigenvalue weighted by atomic mass is 9.98. The van der Waals surface area contributed by atoms with E-state index in [-0.39, 0.29) is 43.0 Å². The number of nitrogens with two attached hydrogens (primary N) is 1. The molecule has 0 aliphatic heterocycles. The summed E-state index contributed by atoms with van der Waals surface area (Å²) in [6, 6.07) is 17.0. The third-order valence-corrected chi connectivity index (χ3v) is 11.5. The molecular weight excluding hydrogens is 875 g/mol. The standard InChI is InChI=1S/C53H79N9O7/c1-9-10-13-28-41(57-45(63)34-39-26-18-20-29-55-39)48(65)59-42(31-35(2)3)51(68)62-46(36(4)5)52(69)61-44(33-38-24-16-12-17-25-38)50(67)60-43(32-37-22-14-11-15-23-37)49(66)58-40(47(54)64)27-19-21-30-56-53(6,7)8/h11-12,14-18,20,22-26,29,35-36,40-44,46,56H,9-10,13,19,21,27-28,30-34H2,1-8H3,(H2,54,64)(H,57,63)(H,58,66)(H,59,65)(H,60,67)(H,61,69)(H,62,68). The number of amides is 7. The van der Waals surface area contributed by atoms with E-state index >= 15 is 0 Å². The Morgan fingerprint density at radius 3 is 1.57 bits per heavy atom. The molecule has 0 fully saturated rings. The Hall–Kier alpha value is -6.16. The maximum Gasteiger partial charge on any atom is 0.243 e. The van der Waals surface area contributed by atoms with Gasteiger partial charge in [-0.2, -0.15) is 0 Å². The van der Waals surface area contributed by atoms with E-state index in [4.69, 9.17) is 5.73 Å². The number of carbonyl (C=O) groups is 7. The van der Waals surface area contributed by atoms with Crippen LogP contribution in [0.3, 0.4) is 0 Å². The van der Waals surface area contributed by atoms with Crippen molar-refractivity contribution in [1.29, 1.82) is 0 Å². The maximum absolute atomic E-state index is 14.5. The summed E-state index contributed by atoms with van der Waals surface area (Å²) in [4.78, 5) is 101. The molecule has 378 valence electrons. The fourth-order valence-electron chi connectivity index (χ4n) is 7.69. The fourth-order valence-corrected chi connectivity index (χ4v) is 7.69. The highest BCUT2D eigenvalue weighted by Gasteiger charge is 2.35. The molecule has 1 heterocycles. The van der Waals surface area contributed by atoms with Crippen LogP contribution in [0.5, 0.6) is 0 Å². The molecule has 6 atom stereocenters. The van der Waals surface area contributed by atoms with Crippen LogP contribution >= 0.6 is 0 Å². The normalized spacial score (nSPS) is 14.1. The topological polar surface area (TPSA) is 243 Å².